The van der Waals surface area contributed by atoms with Crippen LogP contribution >= 0.6 is 0 Å². The number of carbonyl (C=O) groups is 1. The highest BCUT2D eigenvalue weighted by Gasteiger charge is 2.26. The van der Waals surface area contributed by atoms with E-state index >= 15 is 0 Å². The van der Waals surface area contributed by atoms with Gasteiger partial charge in [0.05, 0.1) is 17.1 Å². The normalized spacial score (nSPS) is 20.1. The summed E-state index contributed by atoms with van der Waals surface area (Å²) in [6, 6.07) is 1.20. The van der Waals surface area contributed by atoms with Crippen LogP contribution in [0, 0.1) is 11.8 Å². The molecule has 2 rings (SSSR count). The summed E-state index contributed by atoms with van der Waals surface area (Å²) in [4.78, 5) is 16.0. The fraction of sp³-hybridized carbons (Fsp3) is 0.429. The third-order valence-corrected chi connectivity index (χ3v) is 4.93. The van der Waals surface area contributed by atoms with Gasteiger partial charge in [0.15, 0.2) is 9.84 Å². The van der Waals surface area contributed by atoms with Crippen molar-refractivity contribution in [1.29, 1.82) is 0 Å². The maximum atomic E-state index is 12.1. The minimum Gasteiger partial charge on any atom is -0.384 e. The van der Waals surface area contributed by atoms with E-state index in [-0.39, 0.29) is 30.1 Å². The average molecular weight is 308 g/mol. The maximum absolute atomic E-state index is 12.1. The molecular formula is C14H16N2O4S. The third-order valence-electron chi connectivity index (χ3n) is 3.11. The number of rotatable bonds is 2. The van der Waals surface area contributed by atoms with Crippen LogP contribution in [0.1, 0.15) is 28.8 Å². The molecule has 1 amide bonds. The molecule has 1 aliphatic heterocycles. The van der Waals surface area contributed by atoms with Gasteiger partial charge >= 0.3 is 0 Å². The van der Waals surface area contributed by atoms with Crippen LogP contribution in [0.5, 0.6) is 0 Å². The molecule has 2 N–H and O–H groups in total. The van der Waals surface area contributed by atoms with Gasteiger partial charge in [0.1, 0.15) is 6.61 Å². The molecule has 0 aromatic carbocycles. The lowest BCUT2D eigenvalue weighted by Gasteiger charge is -2.22. The van der Waals surface area contributed by atoms with Gasteiger partial charge in [0.25, 0.3) is 5.91 Å². The Morgan fingerprint density at radius 1 is 1.48 bits per heavy atom. The van der Waals surface area contributed by atoms with E-state index in [0.29, 0.717) is 24.0 Å². The summed E-state index contributed by atoms with van der Waals surface area (Å²) in [5.74, 6) is 4.95. The monoisotopic (exact) mass is 308 g/mol. The molecule has 0 radical (unpaired) electrons. The van der Waals surface area contributed by atoms with Crippen molar-refractivity contribution in [1.82, 2.24) is 10.3 Å². The van der Waals surface area contributed by atoms with Crippen LogP contribution in [-0.4, -0.2) is 48.6 Å². The molecule has 1 aromatic heterocycles. The lowest BCUT2D eigenvalue weighted by Crippen LogP contribution is -2.43. The van der Waals surface area contributed by atoms with Gasteiger partial charge in [-0.1, -0.05) is 11.8 Å². The predicted molar refractivity (Wildman–Crippen MR) is 77.3 cm³/mol. The molecule has 1 unspecified atom stereocenters. The van der Waals surface area contributed by atoms with E-state index in [9.17, 15) is 13.2 Å². The van der Waals surface area contributed by atoms with E-state index in [2.05, 4.69) is 22.1 Å². The zero-order chi connectivity index (χ0) is 15.3. The third kappa shape index (κ3) is 4.55. The molecule has 0 aliphatic carbocycles. The topological polar surface area (TPSA) is 96.4 Å². The van der Waals surface area contributed by atoms with Crippen molar-refractivity contribution >= 4 is 15.7 Å². The molecule has 2 heterocycles. The van der Waals surface area contributed by atoms with E-state index in [0.717, 1.165) is 0 Å². The maximum Gasteiger partial charge on any atom is 0.253 e. The van der Waals surface area contributed by atoms with E-state index in [4.69, 9.17) is 5.11 Å². The average Bonchev–Trinajstić information content (AvgIpc) is 2.44. The van der Waals surface area contributed by atoms with Crippen molar-refractivity contribution in [2.24, 2.45) is 0 Å². The second kappa shape index (κ2) is 6.70. The predicted octanol–water partition coefficient (Wildman–Crippen LogP) is -0.268. The van der Waals surface area contributed by atoms with Crippen molar-refractivity contribution in [3.05, 3.63) is 29.6 Å². The zero-order valence-electron chi connectivity index (χ0n) is 11.4. The lowest BCUT2D eigenvalue weighted by molar-refractivity contribution is 0.0938. The summed E-state index contributed by atoms with van der Waals surface area (Å²) in [7, 11) is -3.06. The number of nitrogens with one attached hydrogen (secondary N) is 1. The fourth-order valence-corrected chi connectivity index (χ4v) is 3.82. The Morgan fingerprint density at radius 2 is 2.29 bits per heavy atom. The van der Waals surface area contributed by atoms with Gasteiger partial charge < -0.3 is 10.4 Å². The van der Waals surface area contributed by atoms with Crippen LogP contribution < -0.4 is 5.32 Å². The van der Waals surface area contributed by atoms with Gasteiger partial charge in [-0.15, -0.1) is 0 Å². The first-order valence-corrected chi connectivity index (χ1v) is 8.38. The second-order valence-electron chi connectivity index (χ2n) is 4.85. The molecule has 7 heteroatoms. The molecule has 112 valence electrons. The number of aliphatic hydroxyl groups excluding tert-OH is 1. The summed E-state index contributed by atoms with van der Waals surface area (Å²) in [5, 5.41) is 11.4. The van der Waals surface area contributed by atoms with Gasteiger partial charge in [-0.25, -0.2) is 8.42 Å². The van der Waals surface area contributed by atoms with Crippen molar-refractivity contribution in [3.63, 3.8) is 0 Å². The van der Waals surface area contributed by atoms with Gasteiger partial charge in [-0.3, -0.25) is 9.78 Å². The Labute approximate surface area is 123 Å². The molecular weight excluding hydrogens is 292 g/mol. The number of sulfone groups is 1. The highest BCUT2D eigenvalue weighted by molar-refractivity contribution is 7.91. The molecule has 0 spiro atoms. The Kier molecular flexibility index (Phi) is 4.94. The van der Waals surface area contributed by atoms with Gasteiger partial charge in [-0.05, 0) is 18.9 Å². The van der Waals surface area contributed by atoms with Crippen molar-refractivity contribution in [2.75, 3.05) is 18.1 Å². The smallest absolute Gasteiger partial charge is 0.253 e. The first-order valence-electron chi connectivity index (χ1n) is 6.56. The molecule has 0 saturated carbocycles. The van der Waals surface area contributed by atoms with Crippen LogP contribution in [-0.2, 0) is 9.84 Å². The molecule has 1 atom stereocenters. The largest absolute Gasteiger partial charge is 0.384 e. The van der Waals surface area contributed by atoms with Crippen molar-refractivity contribution < 1.29 is 18.3 Å². The number of aromatic nitrogens is 1. The molecule has 21 heavy (non-hydrogen) atoms. The zero-order valence-corrected chi connectivity index (χ0v) is 12.2. The summed E-state index contributed by atoms with van der Waals surface area (Å²) in [5.41, 5.74) is 0.843. The van der Waals surface area contributed by atoms with Crippen LogP contribution in [0.25, 0.3) is 0 Å². The quantitative estimate of drug-likeness (QED) is 0.733. The van der Waals surface area contributed by atoms with Gasteiger partial charge in [0.2, 0.25) is 0 Å². The molecule has 0 bridgehead atoms. The Balaban J connectivity index is 2.06. The SMILES string of the molecule is O=C(NC1CCCS(=O)(=O)C1)c1cncc(C#CCO)c1. The minimum atomic E-state index is -3.06. The standard InChI is InChI=1S/C14H16N2O4S/c17-5-1-3-11-7-12(9-15-8-11)14(18)16-13-4-2-6-21(19,20)10-13/h7-9,13,17H,2,4-6,10H2,(H,16,18). The summed E-state index contributed by atoms with van der Waals surface area (Å²) < 4.78 is 23.1. The van der Waals surface area contributed by atoms with Crippen LogP contribution in [0.3, 0.4) is 0 Å². The molecule has 6 nitrogen and oxygen atoms in total. The number of aliphatic hydroxyl groups is 1. The van der Waals surface area contributed by atoms with Gasteiger partial charge in [0, 0.05) is 24.0 Å². The fourth-order valence-electron chi connectivity index (χ4n) is 2.18. The van der Waals surface area contributed by atoms with E-state index in [1.807, 2.05) is 0 Å². The van der Waals surface area contributed by atoms with Gasteiger partial charge in [-0.2, -0.15) is 0 Å². The number of pyridine rings is 1. The summed E-state index contributed by atoms with van der Waals surface area (Å²) in [6.45, 7) is -0.268. The highest BCUT2D eigenvalue weighted by Crippen LogP contribution is 2.13. The van der Waals surface area contributed by atoms with E-state index in [1.54, 1.807) is 6.07 Å². The highest BCUT2D eigenvalue weighted by atomic mass is 32.2. The Hall–Kier alpha value is -1.91. The van der Waals surface area contributed by atoms with Crippen molar-refractivity contribution in [2.45, 2.75) is 18.9 Å². The number of amides is 1. The van der Waals surface area contributed by atoms with Crippen molar-refractivity contribution in [3.8, 4) is 11.8 Å². The number of hydrogen-bond donors (Lipinski definition) is 2. The second-order valence-corrected chi connectivity index (χ2v) is 7.08. The van der Waals surface area contributed by atoms with Crippen LogP contribution in [0.15, 0.2) is 18.5 Å². The molecule has 1 aromatic rings. The first-order chi connectivity index (χ1) is 10.00. The van der Waals surface area contributed by atoms with Crippen LogP contribution in [0.2, 0.25) is 0 Å². The Morgan fingerprint density at radius 3 is 3.00 bits per heavy atom. The number of nitrogens with zero attached hydrogens (tertiary/aromatic N) is 1. The van der Waals surface area contributed by atoms with Crippen LogP contribution in [0.4, 0.5) is 0 Å². The number of hydrogen-bond acceptors (Lipinski definition) is 5. The molecule has 1 saturated heterocycles. The first kappa shape index (κ1) is 15.5. The molecule has 1 fully saturated rings. The minimum absolute atomic E-state index is 0.0177. The Bertz CT molecular complexity index is 688. The summed E-state index contributed by atoms with van der Waals surface area (Å²) in [6.07, 6.45) is 4.11. The molecule has 1 aliphatic rings. The lowest BCUT2D eigenvalue weighted by atomic mass is 10.1. The number of carbonyl (C=O) groups excluding carboxylic acids is 1. The van der Waals surface area contributed by atoms with E-state index in [1.165, 1.54) is 12.4 Å². The van der Waals surface area contributed by atoms with E-state index < -0.39 is 9.84 Å². The summed E-state index contributed by atoms with van der Waals surface area (Å²) >= 11 is 0.